The van der Waals surface area contributed by atoms with Crippen molar-refractivity contribution in [2.24, 2.45) is 4.99 Å². The smallest absolute Gasteiger partial charge is 0.191 e. The van der Waals surface area contributed by atoms with Gasteiger partial charge in [0.1, 0.15) is 5.75 Å². The zero-order valence-corrected chi connectivity index (χ0v) is 17.2. The molecule has 0 fully saturated rings. The summed E-state index contributed by atoms with van der Waals surface area (Å²) in [5.74, 6) is 1.69. The second kappa shape index (κ2) is 12.5. The molecule has 0 spiro atoms. The molecule has 1 heterocycles. The Morgan fingerprint density at radius 1 is 1.23 bits per heavy atom. The van der Waals surface area contributed by atoms with E-state index in [0.717, 1.165) is 67.7 Å². The summed E-state index contributed by atoms with van der Waals surface area (Å²) < 4.78 is 10.6. The van der Waals surface area contributed by atoms with Gasteiger partial charge in [-0.15, -0.1) is 0 Å². The third-order valence-electron chi connectivity index (χ3n) is 4.16. The Morgan fingerprint density at radius 2 is 2.00 bits per heavy atom. The van der Waals surface area contributed by atoms with Crippen LogP contribution in [0.15, 0.2) is 11.2 Å². The van der Waals surface area contributed by atoms with Crippen LogP contribution in [0.4, 0.5) is 0 Å². The predicted octanol–water partition coefficient (Wildman–Crippen LogP) is 1.73. The Labute approximate surface area is 158 Å². The van der Waals surface area contributed by atoms with Gasteiger partial charge in [0.15, 0.2) is 5.96 Å². The van der Waals surface area contributed by atoms with Crippen LogP contribution in [-0.4, -0.2) is 69.9 Å². The summed E-state index contributed by atoms with van der Waals surface area (Å²) in [6.07, 6.45) is 2.88. The number of ether oxygens (including phenoxy) is 2. The highest BCUT2D eigenvalue weighted by Crippen LogP contribution is 2.24. The number of likely N-dealkylation sites (N-methyl/N-ethyl adjacent to an activating group) is 1. The molecule has 0 radical (unpaired) electrons. The van der Waals surface area contributed by atoms with Crippen molar-refractivity contribution in [3.05, 3.63) is 23.0 Å². The van der Waals surface area contributed by atoms with E-state index < -0.39 is 0 Å². The lowest BCUT2D eigenvalue weighted by Crippen LogP contribution is -2.41. The second-order valence-electron chi connectivity index (χ2n) is 6.32. The van der Waals surface area contributed by atoms with E-state index in [4.69, 9.17) is 9.47 Å². The van der Waals surface area contributed by atoms with E-state index in [9.17, 15) is 0 Å². The fourth-order valence-electron chi connectivity index (χ4n) is 2.68. The number of guanidine groups is 1. The first-order valence-electron chi connectivity index (χ1n) is 9.22. The maximum Gasteiger partial charge on any atom is 0.191 e. The molecule has 0 aliphatic carbocycles. The van der Waals surface area contributed by atoms with Gasteiger partial charge in [-0.2, -0.15) is 0 Å². The standard InChI is InChI=1S/C19H35N5O2/c1-7-20-19(21-9-11-24(4)10-8-12-25-5)23-14-17-16(3)18(26-6)15(2)13-22-17/h13H,7-12,14H2,1-6H3,(H2,20,21,23). The van der Waals surface area contributed by atoms with Crippen LogP contribution >= 0.6 is 0 Å². The third kappa shape index (κ3) is 7.58. The fourth-order valence-corrected chi connectivity index (χ4v) is 2.68. The van der Waals surface area contributed by atoms with Crippen molar-refractivity contribution in [2.75, 3.05) is 54.1 Å². The largest absolute Gasteiger partial charge is 0.496 e. The van der Waals surface area contributed by atoms with Gasteiger partial charge < -0.3 is 25.0 Å². The van der Waals surface area contributed by atoms with Crippen molar-refractivity contribution < 1.29 is 9.47 Å². The molecule has 148 valence electrons. The van der Waals surface area contributed by atoms with Gasteiger partial charge in [-0.1, -0.05) is 0 Å². The number of aromatic nitrogens is 1. The van der Waals surface area contributed by atoms with Gasteiger partial charge in [0.25, 0.3) is 0 Å². The van der Waals surface area contributed by atoms with Crippen LogP contribution in [0, 0.1) is 13.8 Å². The van der Waals surface area contributed by atoms with Crippen molar-refractivity contribution in [2.45, 2.75) is 33.7 Å². The van der Waals surface area contributed by atoms with Gasteiger partial charge in [-0.25, -0.2) is 4.99 Å². The van der Waals surface area contributed by atoms with Crippen molar-refractivity contribution in [1.29, 1.82) is 0 Å². The van der Waals surface area contributed by atoms with Crippen LogP contribution in [0.5, 0.6) is 5.75 Å². The SMILES string of the molecule is CCNC(=NCc1ncc(C)c(OC)c1C)NCCN(C)CCCOC. The summed E-state index contributed by atoms with van der Waals surface area (Å²) in [7, 11) is 5.55. The highest BCUT2D eigenvalue weighted by Gasteiger charge is 2.09. The van der Waals surface area contributed by atoms with Gasteiger partial charge in [0, 0.05) is 57.2 Å². The molecular weight excluding hydrogens is 330 g/mol. The van der Waals surface area contributed by atoms with Crippen molar-refractivity contribution in [1.82, 2.24) is 20.5 Å². The Balaban J connectivity index is 2.58. The molecule has 26 heavy (non-hydrogen) atoms. The predicted molar refractivity (Wildman–Crippen MR) is 107 cm³/mol. The fraction of sp³-hybridized carbons (Fsp3) is 0.684. The van der Waals surface area contributed by atoms with E-state index in [0.29, 0.717) is 6.54 Å². The second-order valence-corrected chi connectivity index (χ2v) is 6.32. The molecule has 0 aliphatic heterocycles. The molecule has 2 N–H and O–H groups in total. The first-order valence-corrected chi connectivity index (χ1v) is 9.22. The minimum atomic E-state index is 0.515. The van der Waals surface area contributed by atoms with E-state index in [-0.39, 0.29) is 0 Å². The highest BCUT2D eigenvalue weighted by molar-refractivity contribution is 5.79. The van der Waals surface area contributed by atoms with Crippen LogP contribution in [0.3, 0.4) is 0 Å². The quantitative estimate of drug-likeness (QED) is 0.354. The van der Waals surface area contributed by atoms with Crippen molar-refractivity contribution >= 4 is 5.96 Å². The molecule has 0 aliphatic rings. The maximum absolute atomic E-state index is 5.47. The number of nitrogens with zero attached hydrogens (tertiary/aromatic N) is 3. The van der Waals surface area contributed by atoms with Crippen LogP contribution in [-0.2, 0) is 11.3 Å². The average molecular weight is 366 g/mol. The molecule has 0 saturated heterocycles. The number of methoxy groups -OCH3 is 2. The van der Waals surface area contributed by atoms with E-state index in [2.05, 4.69) is 39.5 Å². The molecule has 0 unspecified atom stereocenters. The number of hydrogen-bond donors (Lipinski definition) is 2. The van der Waals surface area contributed by atoms with Crippen LogP contribution < -0.4 is 15.4 Å². The summed E-state index contributed by atoms with van der Waals surface area (Å²) in [4.78, 5) is 11.4. The van der Waals surface area contributed by atoms with E-state index >= 15 is 0 Å². The molecule has 0 bridgehead atoms. The highest BCUT2D eigenvalue weighted by atomic mass is 16.5. The molecule has 7 heteroatoms. The minimum absolute atomic E-state index is 0.515. The Morgan fingerprint density at radius 3 is 2.65 bits per heavy atom. The van der Waals surface area contributed by atoms with E-state index in [1.54, 1.807) is 14.2 Å². The molecule has 0 saturated carbocycles. The zero-order chi connectivity index (χ0) is 19.4. The Hall–Kier alpha value is -1.86. The third-order valence-corrected chi connectivity index (χ3v) is 4.16. The van der Waals surface area contributed by atoms with Gasteiger partial charge in [-0.05, 0) is 34.2 Å². The minimum Gasteiger partial charge on any atom is -0.496 e. The number of aryl methyl sites for hydroxylation is 1. The monoisotopic (exact) mass is 365 g/mol. The average Bonchev–Trinajstić information content (AvgIpc) is 2.61. The molecule has 1 rings (SSSR count). The van der Waals surface area contributed by atoms with Gasteiger partial charge in [-0.3, -0.25) is 4.98 Å². The first kappa shape index (κ1) is 22.2. The molecule has 0 aromatic carbocycles. The number of nitrogens with one attached hydrogen (secondary N) is 2. The summed E-state index contributed by atoms with van der Waals surface area (Å²) in [5, 5.41) is 6.66. The molecule has 0 atom stereocenters. The molecule has 0 amide bonds. The molecule has 1 aromatic rings. The number of rotatable bonds is 11. The number of hydrogen-bond acceptors (Lipinski definition) is 5. The lowest BCUT2D eigenvalue weighted by Gasteiger charge is -2.18. The zero-order valence-electron chi connectivity index (χ0n) is 17.2. The summed E-state index contributed by atoms with van der Waals surface area (Å²) in [6, 6.07) is 0. The number of pyridine rings is 1. The topological polar surface area (TPSA) is 71.0 Å². The summed E-state index contributed by atoms with van der Waals surface area (Å²) >= 11 is 0. The van der Waals surface area contributed by atoms with Crippen LogP contribution in [0.2, 0.25) is 0 Å². The Bertz CT molecular complexity index is 563. The van der Waals surface area contributed by atoms with Gasteiger partial charge in [0.05, 0.1) is 19.3 Å². The maximum atomic E-state index is 5.47. The van der Waals surface area contributed by atoms with Crippen molar-refractivity contribution in [3.8, 4) is 5.75 Å². The molecule has 1 aromatic heterocycles. The first-order chi connectivity index (χ1) is 12.5. The van der Waals surface area contributed by atoms with E-state index in [1.807, 2.05) is 20.0 Å². The lowest BCUT2D eigenvalue weighted by atomic mass is 10.1. The van der Waals surface area contributed by atoms with Crippen LogP contribution in [0.25, 0.3) is 0 Å². The molecule has 7 nitrogen and oxygen atoms in total. The van der Waals surface area contributed by atoms with Crippen LogP contribution in [0.1, 0.15) is 30.2 Å². The summed E-state index contributed by atoms with van der Waals surface area (Å²) in [5.41, 5.74) is 3.02. The normalized spacial score (nSPS) is 11.7. The number of aliphatic imine (C=N–C) groups is 1. The van der Waals surface area contributed by atoms with E-state index in [1.165, 1.54) is 0 Å². The summed E-state index contributed by atoms with van der Waals surface area (Å²) in [6.45, 7) is 11.0. The Kier molecular flexibility index (Phi) is 10.7. The lowest BCUT2D eigenvalue weighted by molar-refractivity contribution is 0.180. The van der Waals surface area contributed by atoms with Crippen molar-refractivity contribution in [3.63, 3.8) is 0 Å². The van der Waals surface area contributed by atoms with Gasteiger partial charge >= 0.3 is 0 Å². The molecular formula is C19H35N5O2. The van der Waals surface area contributed by atoms with Gasteiger partial charge in [0.2, 0.25) is 0 Å².